The molecule has 0 unspecified atom stereocenters. The largest absolute Gasteiger partial charge is 0.374 e. The average Bonchev–Trinajstić information content (AvgIpc) is 1.95. The molecular formula is C8H7F2O. The lowest BCUT2D eigenvalue weighted by Gasteiger charge is -1.99. The van der Waals surface area contributed by atoms with Gasteiger partial charge in [-0.25, -0.2) is 8.78 Å². The lowest BCUT2D eigenvalue weighted by atomic mass is 10.2. The van der Waals surface area contributed by atoms with Crippen molar-refractivity contribution < 1.29 is 13.5 Å². The summed E-state index contributed by atoms with van der Waals surface area (Å²) in [5.41, 5.74) is 0.307. The fourth-order valence-electron chi connectivity index (χ4n) is 0.749. The minimum Gasteiger partial charge on any atom is -0.374 e. The van der Waals surface area contributed by atoms with Crippen LogP contribution in [0.3, 0.4) is 0 Å². The van der Waals surface area contributed by atoms with Crippen LogP contribution in [0.2, 0.25) is 0 Å². The molecule has 1 aromatic carbocycles. The molecule has 0 bridgehead atoms. The molecule has 0 saturated heterocycles. The van der Waals surface area contributed by atoms with Gasteiger partial charge in [-0.15, -0.1) is 0 Å². The van der Waals surface area contributed by atoms with Crippen molar-refractivity contribution in [2.24, 2.45) is 0 Å². The van der Waals surface area contributed by atoms with Crippen molar-refractivity contribution >= 4 is 0 Å². The molecule has 1 aromatic rings. The van der Waals surface area contributed by atoms with Gasteiger partial charge in [-0.1, -0.05) is 6.07 Å². The summed E-state index contributed by atoms with van der Waals surface area (Å²) in [5, 5.41) is 0. The molecule has 0 aliphatic rings. The van der Waals surface area contributed by atoms with Crippen molar-refractivity contribution in [1.82, 2.24) is 0 Å². The van der Waals surface area contributed by atoms with Crippen LogP contribution in [0.1, 0.15) is 5.56 Å². The molecule has 59 valence electrons. The maximum absolute atomic E-state index is 12.7. The van der Waals surface area contributed by atoms with E-state index in [-0.39, 0.29) is 6.61 Å². The average molecular weight is 157 g/mol. The number of benzene rings is 1. The number of ether oxygens (including phenoxy) is 1. The molecule has 0 fully saturated rings. The summed E-state index contributed by atoms with van der Waals surface area (Å²) in [7, 11) is 3.08. The topological polar surface area (TPSA) is 9.23 Å². The van der Waals surface area contributed by atoms with E-state index in [9.17, 15) is 8.78 Å². The zero-order valence-electron chi connectivity index (χ0n) is 5.81. The Morgan fingerprint density at radius 2 is 2.09 bits per heavy atom. The summed E-state index contributed by atoms with van der Waals surface area (Å²) >= 11 is 0. The summed E-state index contributed by atoms with van der Waals surface area (Å²) in [5.74, 6) is -1.19. The molecule has 0 spiro atoms. The third kappa shape index (κ3) is 1.98. The smallest absolute Gasteiger partial charge is 0.131 e. The first kappa shape index (κ1) is 8.14. The van der Waals surface area contributed by atoms with Crippen molar-refractivity contribution in [1.29, 1.82) is 0 Å². The molecular weight excluding hydrogens is 150 g/mol. The molecule has 1 rings (SSSR count). The maximum atomic E-state index is 12.7. The predicted molar refractivity (Wildman–Crippen MR) is 36.5 cm³/mol. The fourth-order valence-corrected chi connectivity index (χ4v) is 0.749. The van der Waals surface area contributed by atoms with E-state index in [4.69, 9.17) is 0 Å². The first-order chi connectivity index (χ1) is 5.24. The van der Waals surface area contributed by atoms with E-state index in [1.807, 2.05) is 0 Å². The molecule has 0 N–H and O–H groups in total. The molecule has 1 radical (unpaired) electrons. The highest BCUT2D eigenvalue weighted by atomic mass is 19.1. The van der Waals surface area contributed by atoms with E-state index in [0.717, 1.165) is 6.07 Å². The van der Waals surface area contributed by atoms with E-state index < -0.39 is 11.6 Å². The van der Waals surface area contributed by atoms with Crippen LogP contribution in [-0.4, -0.2) is 0 Å². The van der Waals surface area contributed by atoms with Crippen LogP contribution in [0.25, 0.3) is 0 Å². The molecule has 0 aromatic heterocycles. The Labute approximate surface area is 63.6 Å². The van der Waals surface area contributed by atoms with Gasteiger partial charge in [0.05, 0.1) is 13.7 Å². The molecule has 0 aliphatic carbocycles. The van der Waals surface area contributed by atoms with Crippen molar-refractivity contribution in [3.05, 3.63) is 42.5 Å². The molecule has 0 heterocycles. The van der Waals surface area contributed by atoms with Crippen LogP contribution in [-0.2, 0) is 11.3 Å². The number of hydrogen-bond acceptors (Lipinski definition) is 1. The lowest BCUT2D eigenvalue weighted by molar-refractivity contribution is 0.224. The second-order valence-corrected chi connectivity index (χ2v) is 2.08. The second kappa shape index (κ2) is 3.44. The van der Waals surface area contributed by atoms with Gasteiger partial charge < -0.3 is 4.74 Å². The zero-order valence-corrected chi connectivity index (χ0v) is 5.81. The van der Waals surface area contributed by atoms with E-state index in [1.165, 1.54) is 12.1 Å². The van der Waals surface area contributed by atoms with Crippen LogP contribution < -0.4 is 0 Å². The number of halogens is 2. The first-order valence-corrected chi connectivity index (χ1v) is 3.05. The van der Waals surface area contributed by atoms with Crippen LogP contribution in [0.4, 0.5) is 8.78 Å². The summed E-state index contributed by atoms with van der Waals surface area (Å²) in [6.07, 6.45) is 0. The van der Waals surface area contributed by atoms with Crippen molar-refractivity contribution in [2.75, 3.05) is 0 Å². The molecule has 0 atom stereocenters. The quantitative estimate of drug-likeness (QED) is 0.639. The van der Waals surface area contributed by atoms with Gasteiger partial charge in [0.1, 0.15) is 11.6 Å². The van der Waals surface area contributed by atoms with Crippen LogP contribution in [0.5, 0.6) is 0 Å². The highest BCUT2D eigenvalue weighted by Gasteiger charge is 2.01. The fraction of sp³-hybridized carbons (Fsp3) is 0.125. The van der Waals surface area contributed by atoms with Crippen molar-refractivity contribution in [3.8, 4) is 0 Å². The van der Waals surface area contributed by atoms with E-state index in [0.29, 0.717) is 5.56 Å². The minimum atomic E-state index is -0.603. The van der Waals surface area contributed by atoms with Crippen molar-refractivity contribution in [3.63, 3.8) is 0 Å². The van der Waals surface area contributed by atoms with Gasteiger partial charge >= 0.3 is 0 Å². The molecule has 0 amide bonds. The Morgan fingerprint density at radius 1 is 1.36 bits per heavy atom. The Balaban J connectivity index is 2.90. The highest BCUT2D eigenvalue weighted by Crippen LogP contribution is 2.09. The Bertz CT molecular complexity index is 248. The molecule has 3 heteroatoms. The van der Waals surface area contributed by atoms with Gasteiger partial charge in [-0.05, 0) is 6.07 Å². The Morgan fingerprint density at radius 3 is 2.64 bits per heavy atom. The first-order valence-electron chi connectivity index (χ1n) is 3.05. The van der Waals surface area contributed by atoms with Crippen LogP contribution in [0, 0.1) is 18.7 Å². The minimum absolute atomic E-state index is 0.0616. The number of rotatable bonds is 2. The summed E-state index contributed by atoms with van der Waals surface area (Å²) in [6, 6.07) is 3.32. The Kier molecular flexibility index (Phi) is 2.54. The van der Waals surface area contributed by atoms with Gasteiger partial charge in [-0.3, -0.25) is 0 Å². The lowest BCUT2D eigenvalue weighted by Crippen LogP contribution is -1.91. The highest BCUT2D eigenvalue weighted by molar-refractivity contribution is 5.17. The maximum Gasteiger partial charge on any atom is 0.131 e. The normalized spacial score (nSPS) is 10.1. The SMILES string of the molecule is [CH2]OCc1ccc(F)cc1F. The molecule has 0 aliphatic heterocycles. The van der Waals surface area contributed by atoms with Gasteiger partial charge in [0.2, 0.25) is 0 Å². The third-order valence-electron chi connectivity index (χ3n) is 1.27. The van der Waals surface area contributed by atoms with E-state index in [2.05, 4.69) is 11.8 Å². The summed E-state index contributed by atoms with van der Waals surface area (Å²) in [6.45, 7) is 0.0616. The van der Waals surface area contributed by atoms with Gasteiger partial charge in [0.15, 0.2) is 0 Å². The molecule has 0 saturated carbocycles. The van der Waals surface area contributed by atoms with Crippen molar-refractivity contribution in [2.45, 2.75) is 6.61 Å². The molecule has 11 heavy (non-hydrogen) atoms. The monoisotopic (exact) mass is 157 g/mol. The third-order valence-corrected chi connectivity index (χ3v) is 1.27. The molecule has 1 nitrogen and oxygen atoms in total. The predicted octanol–water partition coefficient (Wildman–Crippen LogP) is 2.27. The van der Waals surface area contributed by atoms with E-state index in [1.54, 1.807) is 0 Å². The van der Waals surface area contributed by atoms with E-state index >= 15 is 0 Å². The standard InChI is InChI=1S/C8H7F2O/c1-11-5-6-2-3-7(9)4-8(6)10/h2-4H,1,5H2. The van der Waals surface area contributed by atoms with Crippen LogP contribution in [0.15, 0.2) is 18.2 Å². The van der Waals surface area contributed by atoms with Gasteiger partial charge in [0.25, 0.3) is 0 Å². The second-order valence-electron chi connectivity index (χ2n) is 2.08. The van der Waals surface area contributed by atoms with Crippen LogP contribution >= 0.6 is 0 Å². The Hall–Kier alpha value is -0.960. The summed E-state index contributed by atoms with van der Waals surface area (Å²) in [4.78, 5) is 0. The van der Waals surface area contributed by atoms with Gasteiger partial charge in [-0.2, -0.15) is 0 Å². The van der Waals surface area contributed by atoms with Gasteiger partial charge in [0, 0.05) is 11.6 Å². The number of hydrogen-bond donors (Lipinski definition) is 0. The summed E-state index contributed by atoms with van der Waals surface area (Å²) < 4.78 is 29.4. The zero-order chi connectivity index (χ0) is 8.27.